The molecule has 0 atom stereocenters. The lowest BCUT2D eigenvalue weighted by Crippen LogP contribution is -2.15. The van der Waals surface area contributed by atoms with E-state index in [1.54, 1.807) is 12.4 Å². The second-order valence-corrected chi connectivity index (χ2v) is 5.51. The van der Waals surface area contributed by atoms with Crippen molar-refractivity contribution < 1.29 is 9.47 Å². The smallest absolute Gasteiger partial charge is 0.179 e. The highest BCUT2D eigenvalue weighted by molar-refractivity contribution is 7.98. The fourth-order valence-electron chi connectivity index (χ4n) is 1.85. The highest BCUT2D eigenvalue weighted by atomic mass is 35.5. The van der Waals surface area contributed by atoms with Crippen LogP contribution in [0.3, 0.4) is 0 Å². The van der Waals surface area contributed by atoms with Gasteiger partial charge < -0.3 is 15.2 Å². The minimum Gasteiger partial charge on any atom is -0.486 e. The summed E-state index contributed by atoms with van der Waals surface area (Å²) in [5.41, 5.74) is 6.78. The van der Waals surface area contributed by atoms with Crippen LogP contribution in [-0.4, -0.2) is 23.2 Å². The Bertz CT molecular complexity index is 639. The second kappa shape index (κ2) is 5.76. The van der Waals surface area contributed by atoms with Crippen molar-refractivity contribution in [1.82, 2.24) is 9.97 Å². The first-order valence-corrected chi connectivity index (χ1v) is 7.37. The summed E-state index contributed by atoms with van der Waals surface area (Å²) in [6.45, 7) is 1.06. The highest BCUT2D eigenvalue weighted by Crippen LogP contribution is 2.39. The standard InChI is InChI=1S/C13H12ClN3O2S/c14-9-5-8(6-10-11(9)19-4-3-18-10)7-20-13-12(15)16-1-2-17-13/h1-2,5-6H,3-4,7H2,(H2,15,16). The molecule has 20 heavy (non-hydrogen) atoms. The molecule has 0 saturated heterocycles. The number of aromatic nitrogens is 2. The third-order valence-corrected chi connectivity index (χ3v) is 4.07. The topological polar surface area (TPSA) is 70.3 Å². The van der Waals surface area contributed by atoms with Gasteiger partial charge in [-0.25, -0.2) is 9.97 Å². The lowest BCUT2D eigenvalue weighted by Gasteiger charge is -2.20. The second-order valence-electron chi connectivity index (χ2n) is 4.14. The Morgan fingerprint density at radius 3 is 2.85 bits per heavy atom. The minimum absolute atomic E-state index is 0.432. The number of thioether (sulfide) groups is 1. The van der Waals surface area contributed by atoms with Gasteiger partial charge in [0, 0.05) is 18.1 Å². The molecule has 3 rings (SSSR count). The van der Waals surface area contributed by atoms with Crippen LogP contribution in [0.1, 0.15) is 5.56 Å². The molecule has 2 heterocycles. The van der Waals surface area contributed by atoms with Gasteiger partial charge in [0.25, 0.3) is 0 Å². The number of ether oxygens (including phenoxy) is 2. The molecule has 0 fully saturated rings. The van der Waals surface area contributed by atoms with Crippen LogP contribution in [0.2, 0.25) is 5.02 Å². The lowest BCUT2D eigenvalue weighted by atomic mass is 10.2. The van der Waals surface area contributed by atoms with E-state index in [4.69, 9.17) is 26.8 Å². The first-order chi connectivity index (χ1) is 9.74. The molecule has 5 nitrogen and oxygen atoms in total. The number of nitrogens with zero attached hydrogens (tertiary/aromatic N) is 2. The maximum Gasteiger partial charge on any atom is 0.179 e. The lowest BCUT2D eigenvalue weighted by molar-refractivity contribution is 0.171. The molecule has 1 aromatic heterocycles. The van der Waals surface area contributed by atoms with Crippen LogP contribution in [0.5, 0.6) is 11.5 Å². The molecule has 2 aromatic rings. The minimum atomic E-state index is 0.432. The number of rotatable bonds is 3. The Kier molecular flexibility index (Phi) is 3.84. The van der Waals surface area contributed by atoms with Crippen molar-refractivity contribution in [2.75, 3.05) is 18.9 Å². The van der Waals surface area contributed by atoms with Gasteiger partial charge >= 0.3 is 0 Å². The Morgan fingerprint density at radius 2 is 2.00 bits per heavy atom. The fraction of sp³-hybridized carbons (Fsp3) is 0.231. The zero-order valence-corrected chi connectivity index (χ0v) is 12.1. The molecule has 0 spiro atoms. The van der Waals surface area contributed by atoms with Gasteiger partial charge in [0.2, 0.25) is 0 Å². The van der Waals surface area contributed by atoms with Gasteiger partial charge in [-0.2, -0.15) is 0 Å². The molecule has 104 valence electrons. The van der Waals surface area contributed by atoms with Crippen LogP contribution in [0.25, 0.3) is 0 Å². The van der Waals surface area contributed by atoms with E-state index < -0.39 is 0 Å². The van der Waals surface area contributed by atoms with Gasteiger partial charge in [-0.15, -0.1) is 0 Å². The van der Waals surface area contributed by atoms with Crippen LogP contribution in [0.15, 0.2) is 29.6 Å². The van der Waals surface area contributed by atoms with Gasteiger partial charge in [-0.05, 0) is 17.7 Å². The van der Waals surface area contributed by atoms with Crippen LogP contribution in [0, 0.1) is 0 Å². The maximum absolute atomic E-state index is 6.19. The average Bonchev–Trinajstić information content (AvgIpc) is 2.46. The van der Waals surface area contributed by atoms with Crippen molar-refractivity contribution in [2.24, 2.45) is 0 Å². The Labute approximate surface area is 125 Å². The summed E-state index contributed by atoms with van der Waals surface area (Å²) in [5.74, 6) is 2.41. The van der Waals surface area contributed by atoms with Gasteiger partial charge in [-0.3, -0.25) is 0 Å². The van der Waals surface area contributed by atoms with Gasteiger partial charge in [0.15, 0.2) is 17.3 Å². The molecule has 1 aromatic carbocycles. The predicted molar refractivity (Wildman–Crippen MR) is 78.4 cm³/mol. The number of anilines is 1. The quantitative estimate of drug-likeness (QED) is 0.879. The van der Waals surface area contributed by atoms with Crippen molar-refractivity contribution >= 4 is 29.2 Å². The third-order valence-electron chi connectivity index (χ3n) is 2.72. The monoisotopic (exact) mass is 309 g/mol. The normalized spacial score (nSPS) is 13.2. The van der Waals surface area contributed by atoms with Crippen molar-refractivity contribution in [3.63, 3.8) is 0 Å². The SMILES string of the molecule is Nc1nccnc1SCc1cc(Cl)c2c(c1)OCCO2. The van der Waals surface area contributed by atoms with E-state index in [2.05, 4.69) is 9.97 Å². The number of fused-ring (bicyclic) bond motifs is 1. The molecular weight excluding hydrogens is 298 g/mol. The Hall–Kier alpha value is -1.66. The summed E-state index contributed by atoms with van der Waals surface area (Å²) in [5, 5.41) is 1.27. The molecule has 0 unspecified atom stereocenters. The van der Waals surface area contributed by atoms with Crippen molar-refractivity contribution in [3.8, 4) is 11.5 Å². The summed E-state index contributed by atoms with van der Waals surface area (Å²) in [4.78, 5) is 8.19. The number of halogens is 1. The molecule has 1 aliphatic heterocycles. The van der Waals surface area contributed by atoms with E-state index >= 15 is 0 Å². The number of hydrogen-bond acceptors (Lipinski definition) is 6. The number of hydrogen-bond donors (Lipinski definition) is 1. The largest absolute Gasteiger partial charge is 0.486 e. The Morgan fingerprint density at radius 1 is 1.20 bits per heavy atom. The van der Waals surface area contributed by atoms with Crippen LogP contribution in [-0.2, 0) is 5.75 Å². The van der Waals surface area contributed by atoms with E-state index in [1.165, 1.54) is 11.8 Å². The van der Waals surface area contributed by atoms with Crippen molar-refractivity contribution in [3.05, 3.63) is 35.1 Å². The molecule has 0 radical (unpaired) electrons. The number of benzene rings is 1. The maximum atomic E-state index is 6.19. The van der Waals surface area contributed by atoms with Gasteiger partial charge in [0.1, 0.15) is 18.2 Å². The molecular formula is C13H12ClN3O2S. The van der Waals surface area contributed by atoms with Crippen LogP contribution >= 0.6 is 23.4 Å². The molecule has 0 saturated carbocycles. The molecule has 0 amide bonds. The predicted octanol–water partition coefficient (Wildman–Crippen LogP) is 2.78. The van der Waals surface area contributed by atoms with Gasteiger partial charge in [-0.1, -0.05) is 23.4 Å². The molecule has 2 N–H and O–H groups in total. The number of nitrogen functional groups attached to an aromatic ring is 1. The first kappa shape index (κ1) is 13.3. The van der Waals surface area contributed by atoms with E-state index in [0.29, 0.717) is 46.3 Å². The molecule has 7 heteroatoms. The Balaban J connectivity index is 1.78. The number of nitrogens with two attached hydrogens (primary N) is 1. The summed E-state index contributed by atoms with van der Waals surface area (Å²) < 4.78 is 11.0. The highest BCUT2D eigenvalue weighted by Gasteiger charge is 2.16. The summed E-state index contributed by atoms with van der Waals surface area (Å²) >= 11 is 7.70. The summed E-state index contributed by atoms with van der Waals surface area (Å²) in [7, 11) is 0. The molecule has 0 aliphatic carbocycles. The zero-order chi connectivity index (χ0) is 13.9. The van der Waals surface area contributed by atoms with Crippen molar-refractivity contribution in [2.45, 2.75) is 10.8 Å². The van der Waals surface area contributed by atoms with E-state index in [9.17, 15) is 0 Å². The van der Waals surface area contributed by atoms with E-state index in [0.717, 1.165) is 5.56 Å². The van der Waals surface area contributed by atoms with Crippen molar-refractivity contribution in [1.29, 1.82) is 0 Å². The average molecular weight is 310 g/mol. The van der Waals surface area contributed by atoms with E-state index in [1.807, 2.05) is 12.1 Å². The van der Waals surface area contributed by atoms with Crippen LogP contribution in [0.4, 0.5) is 5.82 Å². The van der Waals surface area contributed by atoms with Gasteiger partial charge in [0.05, 0.1) is 5.02 Å². The zero-order valence-electron chi connectivity index (χ0n) is 10.5. The fourth-order valence-corrected chi connectivity index (χ4v) is 2.94. The summed E-state index contributed by atoms with van der Waals surface area (Å²) in [6, 6.07) is 3.80. The summed E-state index contributed by atoms with van der Waals surface area (Å²) in [6.07, 6.45) is 3.19. The van der Waals surface area contributed by atoms with E-state index in [-0.39, 0.29) is 0 Å². The molecule has 0 bridgehead atoms. The third kappa shape index (κ3) is 2.76. The first-order valence-electron chi connectivity index (χ1n) is 6.01. The molecule has 1 aliphatic rings. The van der Waals surface area contributed by atoms with Crippen LogP contribution < -0.4 is 15.2 Å².